The maximum Gasteiger partial charge on any atom is 0.417 e. The van der Waals surface area contributed by atoms with E-state index in [0.717, 1.165) is 29.7 Å². The van der Waals surface area contributed by atoms with Crippen molar-refractivity contribution in [3.63, 3.8) is 0 Å². The van der Waals surface area contributed by atoms with E-state index in [2.05, 4.69) is 10.1 Å². The molecule has 2 aromatic heterocycles. The van der Waals surface area contributed by atoms with Gasteiger partial charge in [0.1, 0.15) is 5.02 Å². The molecule has 0 saturated heterocycles. The minimum atomic E-state index is -4.51. The first kappa shape index (κ1) is 17.7. The van der Waals surface area contributed by atoms with Crippen molar-refractivity contribution in [2.24, 2.45) is 0 Å². The fraction of sp³-hybridized carbons (Fsp3) is 0.400. The van der Waals surface area contributed by atoms with Crippen LogP contribution in [0.15, 0.2) is 29.3 Å². The lowest BCUT2D eigenvalue weighted by molar-refractivity contribution is -0.137. The van der Waals surface area contributed by atoms with Gasteiger partial charge in [-0.05, 0) is 25.0 Å². The Morgan fingerprint density at radius 3 is 2.56 bits per heavy atom. The number of aliphatic hydroxyl groups excluding tert-OH is 1. The number of anilines is 1. The Bertz CT molecular complexity index is 819. The van der Waals surface area contributed by atoms with Crippen molar-refractivity contribution in [3.8, 4) is 5.82 Å². The van der Waals surface area contributed by atoms with Crippen LogP contribution in [0.3, 0.4) is 0 Å². The van der Waals surface area contributed by atoms with Crippen LogP contribution in [-0.2, 0) is 6.18 Å². The van der Waals surface area contributed by atoms with Crippen LogP contribution < -0.4 is 10.5 Å². The molecule has 0 atom stereocenters. The van der Waals surface area contributed by atoms with Crippen molar-refractivity contribution in [2.45, 2.75) is 25.1 Å². The average Bonchev–Trinajstić information content (AvgIpc) is 3.40. The predicted octanol–water partition coefficient (Wildman–Crippen LogP) is 2.26. The molecule has 0 aromatic carbocycles. The monoisotopic (exact) mass is 374 g/mol. The maximum atomic E-state index is 12.6. The minimum Gasteiger partial charge on any atom is -0.395 e. The van der Waals surface area contributed by atoms with Crippen LogP contribution in [-0.4, -0.2) is 39.1 Å². The molecule has 3 rings (SSSR count). The fourth-order valence-corrected chi connectivity index (χ4v) is 2.70. The number of alkyl halides is 3. The Kier molecular flexibility index (Phi) is 4.70. The van der Waals surface area contributed by atoms with Crippen LogP contribution in [0.4, 0.5) is 18.9 Å². The quantitative estimate of drug-likeness (QED) is 0.869. The lowest BCUT2D eigenvalue weighted by atomic mass is 10.3. The largest absolute Gasteiger partial charge is 0.417 e. The smallest absolute Gasteiger partial charge is 0.395 e. The Hall–Kier alpha value is -2.13. The molecule has 0 spiro atoms. The molecule has 134 valence electrons. The molecule has 0 bridgehead atoms. The van der Waals surface area contributed by atoms with E-state index in [9.17, 15) is 18.0 Å². The minimum absolute atomic E-state index is 0.0634. The zero-order valence-corrected chi connectivity index (χ0v) is 13.6. The molecule has 0 unspecified atom stereocenters. The number of nitrogens with zero attached hydrogens (tertiary/aromatic N) is 4. The molecular formula is C15H14ClF3N4O2. The van der Waals surface area contributed by atoms with E-state index in [0.29, 0.717) is 18.4 Å². The summed E-state index contributed by atoms with van der Waals surface area (Å²) in [5.41, 5.74) is -1.21. The van der Waals surface area contributed by atoms with Crippen LogP contribution >= 0.6 is 11.6 Å². The van der Waals surface area contributed by atoms with Crippen molar-refractivity contribution >= 4 is 17.3 Å². The standard InChI is InChI=1S/C15H14ClF3N4O2/c16-13-11(22(5-6-24)10-2-3-10)8-21-23(14(13)25)12-4-1-9(7-20-12)15(17,18)19/h1,4,7-8,10,24H,2-3,5-6H2. The Balaban J connectivity index is 1.96. The van der Waals surface area contributed by atoms with Crippen LogP contribution in [0.1, 0.15) is 18.4 Å². The molecule has 25 heavy (non-hydrogen) atoms. The van der Waals surface area contributed by atoms with Gasteiger partial charge in [0.2, 0.25) is 0 Å². The summed E-state index contributed by atoms with van der Waals surface area (Å²) >= 11 is 6.15. The van der Waals surface area contributed by atoms with Gasteiger partial charge < -0.3 is 10.0 Å². The summed E-state index contributed by atoms with van der Waals surface area (Å²) in [5, 5.41) is 13.0. The summed E-state index contributed by atoms with van der Waals surface area (Å²) in [4.78, 5) is 17.9. The molecule has 1 aliphatic rings. The Morgan fingerprint density at radius 1 is 1.32 bits per heavy atom. The van der Waals surface area contributed by atoms with Crippen LogP contribution in [0.25, 0.3) is 5.82 Å². The third-order valence-electron chi connectivity index (χ3n) is 3.83. The van der Waals surface area contributed by atoms with Crippen LogP contribution in [0, 0.1) is 0 Å². The molecule has 2 heterocycles. The number of halogens is 4. The normalized spacial score (nSPS) is 14.6. The van der Waals surface area contributed by atoms with Crippen molar-refractivity contribution in [1.82, 2.24) is 14.8 Å². The van der Waals surface area contributed by atoms with Gasteiger partial charge in [-0.3, -0.25) is 4.79 Å². The first-order valence-electron chi connectivity index (χ1n) is 7.52. The van der Waals surface area contributed by atoms with E-state index < -0.39 is 17.3 Å². The van der Waals surface area contributed by atoms with Gasteiger partial charge in [-0.15, -0.1) is 0 Å². The molecule has 0 aliphatic heterocycles. The summed E-state index contributed by atoms with van der Waals surface area (Å²) in [5.74, 6) is -0.0634. The summed E-state index contributed by atoms with van der Waals surface area (Å²) in [6.45, 7) is 0.213. The van der Waals surface area contributed by atoms with E-state index in [1.54, 1.807) is 4.90 Å². The third-order valence-corrected chi connectivity index (χ3v) is 4.19. The average molecular weight is 375 g/mol. The van der Waals surface area contributed by atoms with Gasteiger partial charge in [0.15, 0.2) is 5.82 Å². The number of aliphatic hydroxyl groups is 1. The van der Waals surface area contributed by atoms with E-state index in [4.69, 9.17) is 16.7 Å². The second kappa shape index (κ2) is 6.64. The predicted molar refractivity (Wildman–Crippen MR) is 85.1 cm³/mol. The van der Waals surface area contributed by atoms with Gasteiger partial charge in [0, 0.05) is 18.8 Å². The first-order valence-corrected chi connectivity index (χ1v) is 7.89. The molecule has 1 aliphatic carbocycles. The van der Waals surface area contributed by atoms with Gasteiger partial charge >= 0.3 is 6.18 Å². The first-order chi connectivity index (χ1) is 11.8. The summed E-state index contributed by atoms with van der Waals surface area (Å²) < 4.78 is 38.6. The van der Waals surface area contributed by atoms with Crippen molar-refractivity contribution in [2.75, 3.05) is 18.1 Å². The van der Waals surface area contributed by atoms with Crippen molar-refractivity contribution in [3.05, 3.63) is 45.5 Å². The van der Waals surface area contributed by atoms with E-state index in [-0.39, 0.29) is 23.5 Å². The lowest BCUT2D eigenvalue weighted by Crippen LogP contribution is -2.32. The zero-order valence-electron chi connectivity index (χ0n) is 12.9. The molecule has 0 amide bonds. The zero-order chi connectivity index (χ0) is 18.2. The molecule has 1 fully saturated rings. The highest BCUT2D eigenvalue weighted by molar-refractivity contribution is 6.33. The second-order valence-corrected chi connectivity index (χ2v) is 5.99. The Morgan fingerprint density at radius 2 is 2.04 bits per heavy atom. The van der Waals surface area contributed by atoms with E-state index in [1.165, 1.54) is 6.20 Å². The summed E-state index contributed by atoms with van der Waals surface area (Å²) in [6, 6.07) is 2.08. The fourth-order valence-electron chi connectivity index (χ4n) is 2.46. The number of rotatable bonds is 5. The van der Waals surface area contributed by atoms with Gasteiger partial charge in [-0.1, -0.05) is 11.6 Å². The van der Waals surface area contributed by atoms with Gasteiger partial charge in [0.05, 0.1) is 24.1 Å². The SMILES string of the molecule is O=c1c(Cl)c(N(CCO)C2CC2)cnn1-c1ccc(C(F)(F)F)cn1. The third kappa shape index (κ3) is 3.62. The number of hydrogen-bond donors (Lipinski definition) is 1. The highest BCUT2D eigenvalue weighted by Crippen LogP contribution is 2.33. The lowest BCUT2D eigenvalue weighted by Gasteiger charge is -2.24. The van der Waals surface area contributed by atoms with E-state index >= 15 is 0 Å². The molecule has 0 radical (unpaired) electrons. The number of hydrogen-bond acceptors (Lipinski definition) is 5. The summed E-state index contributed by atoms with van der Waals surface area (Å²) in [6.07, 6.45) is -0.662. The number of pyridine rings is 1. The Labute approximate surface area is 145 Å². The molecule has 1 saturated carbocycles. The topological polar surface area (TPSA) is 71.2 Å². The van der Waals surface area contributed by atoms with Crippen LogP contribution in [0.2, 0.25) is 5.02 Å². The van der Waals surface area contributed by atoms with E-state index in [1.807, 2.05) is 0 Å². The number of aromatic nitrogens is 3. The van der Waals surface area contributed by atoms with Crippen LogP contribution in [0.5, 0.6) is 0 Å². The second-order valence-electron chi connectivity index (χ2n) is 5.61. The summed E-state index contributed by atoms with van der Waals surface area (Å²) in [7, 11) is 0. The highest BCUT2D eigenvalue weighted by atomic mass is 35.5. The molecular weight excluding hydrogens is 361 g/mol. The highest BCUT2D eigenvalue weighted by Gasteiger charge is 2.32. The molecule has 6 nitrogen and oxygen atoms in total. The maximum absolute atomic E-state index is 12.6. The van der Waals surface area contributed by atoms with Crippen molar-refractivity contribution < 1.29 is 18.3 Å². The molecule has 2 aromatic rings. The van der Waals surface area contributed by atoms with Crippen molar-refractivity contribution in [1.29, 1.82) is 0 Å². The van der Waals surface area contributed by atoms with Gasteiger partial charge in [-0.25, -0.2) is 4.98 Å². The molecule has 1 N–H and O–H groups in total. The molecule has 10 heteroatoms. The van der Waals surface area contributed by atoms with Gasteiger partial charge in [0.25, 0.3) is 5.56 Å². The van der Waals surface area contributed by atoms with Gasteiger partial charge in [-0.2, -0.15) is 23.0 Å².